The second-order valence-corrected chi connectivity index (χ2v) is 7.40. The van der Waals surface area contributed by atoms with Crippen molar-refractivity contribution in [1.29, 1.82) is 0 Å². The summed E-state index contributed by atoms with van der Waals surface area (Å²) in [6.45, 7) is 2.39. The standard InChI is InChI=1S/C20H22ClN3O2S/c1-3-5-15-17(10-13(22)7-8-25-2)26-20-16(11-18(21)24-19(15)20)23-12-14-6-4-9-27-14/h4,6,9,11,13H,7-8,10,12,22H2,1-2H3,(H,23,24)/t13-/m0/s1/i2D3. The highest BCUT2D eigenvalue weighted by molar-refractivity contribution is 7.09. The van der Waals surface area contributed by atoms with Gasteiger partial charge in [0, 0.05) is 43.6 Å². The van der Waals surface area contributed by atoms with E-state index in [2.05, 4.69) is 22.1 Å². The van der Waals surface area contributed by atoms with Gasteiger partial charge in [0.05, 0.1) is 15.4 Å². The van der Waals surface area contributed by atoms with Gasteiger partial charge in [-0.2, -0.15) is 0 Å². The first kappa shape index (κ1) is 16.0. The summed E-state index contributed by atoms with van der Waals surface area (Å²) in [7, 11) is -2.43. The van der Waals surface area contributed by atoms with E-state index in [-0.39, 0.29) is 12.6 Å². The molecule has 3 heterocycles. The van der Waals surface area contributed by atoms with Crippen molar-refractivity contribution < 1.29 is 13.3 Å². The van der Waals surface area contributed by atoms with Crippen LogP contribution >= 0.6 is 22.9 Å². The number of ether oxygens (including phenoxy) is 1. The number of halogens is 1. The fourth-order valence-electron chi connectivity index (χ4n) is 2.76. The zero-order valence-electron chi connectivity index (χ0n) is 17.8. The molecule has 0 radical (unpaired) electrons. The molecule has 0 aliphatic heterocycles. The molecule has 3 aromatic heterocycles. The van der Waals surface area contributed by atoms with Crippen molar-refractivity contribution in [3.05, 3.63) is 44.9 Å². The SMILES string of the molecule is [2H]C([2H])([2H])OCC[C@H](N)Cc1oc2c(NCc3cccs3)cc(Cl)nc2c1C#CC. The van der Waals surface area contributed by atoms with Gasteiger partial charge in [-0.05, 0) is 24.8 Å². The molecular formula is C20H22ClN3O2S. The van der Waals surface area contributed by atoms with E-state index in [9.17, 15) is 0 Å². The highest BCUT2D eigenvalue weighted by atomic mass is 35.5. The van der Waals surface area contributed by atoms with Crippen molar-refractivity contribution in [3.8, 4) is 11.8 Å². The van der Waals surface area contributed by atoms with Crippen molar-refractivity contribution in [2.24, 2.45) is 5.73 Å². The largest absolute Gasteiger partial charge is 0.456 e. The molecule has 0 aliphatic carbocycles. The van der Waals surface area contributed by atoms with Gasteiger partial charge in [-0.25, -0.2) is 4.98 Å². The van der Waals surface area contributed by atoms with E-state index in [1.807, 2.05) is 17.5 Å². The minimum Gasteiger partial charge on any atom is -0.456 e. The Bertz CT molecular complexity index is 1060. The van der Waals surface area contributed by atoms with E-state index in [1.54, 1.807) is 24.3 Å². The fourth-order valence-corrected chi connectivity index (χ4v) is 3.59. The number of fused-ring (bicyclic) bond motifs is 1. The predicted molar refractivity (Wildman–Crippen MR) is 111 cm³/mol. The zero-order valence-corrected chi connectivity index (χ0v) is 16.4. The van der Waals surface area contributed by atoms with Gasteiger partial charge in [0.15, 0.2) is 5.58 Å². The lowest BCUT2D eigenvalue weighted by atomic mass is 10.1. The number of pyridine rings is 1. The lowest BCUT2D eigenvalue weighted by Gasteiger charge is -2.09. The molecule has 1 atom stereocenters. The van der Waals surface area contributed by atoms with Gasteiger partial charge < -0.3 is 20.2 Å². The van der Waals surface area contributed by atoms with Crippen molar-refractivity contribution in [3.63, 3.8) is 0 Å². The molecule has 0 saturated carbocycles. The number of nitrogens with zero attached hydrogens (tertiary/aromatic N) is 1. The first-order valence-electron chi connectivity index (χ1n) is 9.97. The monoisotopic (exact) mass is 406 g/mol. The Labute approximate surface area is 172 Å². The van der Waals surface area contributed by atoms with Crippen molar-refractivity contribution in [1.82, 2.24) is 4.98 Å². The number of hydrogen-bond donors (Lipinski definition) is 2. The molecule has 0 saturated heterocycles. The minimum atomic E-state index is -2.43. The highest BCUT2D eigenvalue weighted by Gasteiger charge is 2.20. The van der Waals surface area contributed by atoms with E-state index >= 15 is 0 Å². The van der Waals surface area contributed by atoms with Crippen LogP contribution in [0, 0.1) is 11.8 Å². The summed E-state index contributed by atoms with van der Waals surface area (Å²) in [5.41, 5.74) is 8.69. The molecule has 0 aliphatic rings. The quantitative estimate of drug-likeness (QED) is 0.427. The van der Waals surface area contributed by atoms with Crippen molar-refractivity contribution >= 4 is 39.7 Å². The number of furan rings is 1. The lowest BCUT2D eigenvalue weighted by Crippen LogP contribution is -2.24. The summed E-state index contributed by atoms with van der Waals surface area (Å²) in [6.07, 6.45) is 0.735. The second kappa shape index (κ2) is 9.25. The molecule has 3 rings (SSSR count). The van der Waals surface area contributed by atoms with Gasteiger partial charge in [-0.3, -0.25) is 0 Å². The average Bonchev–Trinajstić information content (AvgIpc) is 3.28. The van der Waals surface area contributed by atoms with Crippen LogP contribution in [-0.2, 0) is 17.7 Å². The summed E-state index contributed by atoms with van der Waals surface area (Å²) in [5, 5.41) is 5.70. The number of methoxy groups -OCH3 is 1. The third-order valence-corrected chi connectivity index (χ3v) is 5.07. The second-order valence-electron chi connectivity index (χ2n) is 5.98. The Morgan fingerprint density at radius 3 is 3.19 bits per heavy atom. The van der Waals surface area contributed by atoms with Crippen LogP contribution in [0.1, 0.15) is 33.7 Å². The van der Waals surface area contributed by atoms with Crippen molar-refractivity contribution in [2.75, 3.05) is 19.0 Å². The highest BCUT2D eigenvalue weighted by Crippen LogP contribution is 2.33. The molecule has 7 heteroatoms. The van der Waals surface area contributed by atoms with Gasteiger partial charge in [0.1, 0.15) is 16.4 Å². The topological polar surface area (TPSA) is 73.3 Å². The first-order valence-corrected chi connectivity index (χ1v) is 9.73. The van der Waals surface area contributed by atoms with Gasteiger partial charge in [0.25, 0.3) is 0 Å². The maximum Gasteiger partial charge on any atom is 0.177 e. The molecule has 0 amide bonds. The number of rotatable bonds is 8. The van der Waals surface area contributed by atoms with Crippen LogP contribution < -0.4 is 11.1 Å². The zero-order chi connectivity index (χ0) is 21.7. The maximum absolute atomic E-state index is 7.10. The van der Waals surface area contributed by atoms with Crippen LogP contribution in [0.25, 0.3) is 11.1 Å². The summed E-state index contributed by atoms with van der Waals surface area (Å²) < 4.78 is 32.2. The molecule has 0 bridgehead atoms. The molecule has 0 aromatic carbocycles. The Morgan fingerprint density at radius 2 is 2.44 bits per heavy atom. The van der Waals surface area contributed by atoms with Gasteiger partial charge >= 0.3 is 0 Å². The first-order chi connectivity index (χ1) is 14.3. The molecule has 5 nitrogen and oxygen atoms in total. The van der Waals surface area contributed by atoms with Crippen LogP contribution in [0.3, 0.4) is 0 Å². The van der Waals surface area contributed by atoms with Crippen molar-refractivity contribution in [2.45, 2.75) is 32.4 Å². The lowest BCUT2D eigenvalue weighted by molar-refractivity contribution is 0.187. The minimum absolute atomic E-state index is 0.0321. The van der Waals surface area contributed by atoms with Gasteiger partial charge in [0.2, 0.25) is 0 Å². The van der Waals surface area contributed by atoms with Crippen LogP contribution in [0.15, 0.2) is 28.0 Å². The number of aromatic nitrogens is 1. The Morgan fingerprint density at radius 1 is 1.56 bits per heavy atom. The number of thiophene rings is 1. The molecule has 142 valence electrons. The number of anilines is 1. The number of nitrogens with two attached hydrogens (primary N) is 1. The van der Waals surface area contributed by atoms with E-state index in [0.29, 0.717) is 47.0 Å². The van der Waals surface area contributed by atoms with E-state index < -0.39 is 7.04 Å². The molecule has 0 spiro atoms. The van der Waals surface area contributed by atoms with E-state index in [4.69, 9.17) is 30.6 Å². The predicted octanol–water partition coefficient (Wildman–Crippen LogP) is 4.43. The third kappa shape index (κ3) is 4.82. The van der Waals surface area contributed by atoms with Crippen LogP contribution in [0.5, 0.6) is 0 Å². The van der Waals surface area contributed by atoms with Crippen LogP contribution in [0.4, 0.5) is 5.69 Å². The van der Waals surface area contributed by atoms with E-state index in [1.165, 1.54) is 4.88 Å². The summed E-state index contributed by atoms with van der Waals surface area (Å²) >= 11 is 7.90. The smallest absolute Gasteiger partial charge is 0.177 e. The number of nitrogens with one attached hydrogen (secondary N) is 1. The summed E-state index contributed by atoms with van der Waals surface area (Å²) in [4.78, 5) is 5.59. The number of hydrogen-bond acceptors (Lipinski definition) is 6. The normalized spacial score (nSPS) is 14.1. The Hall–Kier alpha value is -2.04. The molecule has 27 heavy (non-hydrogen) atoms. The fraction of sp³-hybridized carbons (Fsp3) is 0.350. The molecular weight excluding hydrogens is 382 g/mol. The third-order valence-electron chi connectivity index (χ3n) is 4.00. The van der Waals surface area contributed by atoms with Gasteiger partial charge in [-0.1, -0.05) is 23.6 Å². The maximum atomic E-state index is 7.10. The molecule has 0 fully saturated rings. The van der Waals surface area contributed by atoms with E-state index in [0.717, 1.165) is 5.69 Å². The Balaban J connectivity index is 1.85. The summed E-state index contributed by atoms with van der Waals surface area (Å²) in [5.74, 6) is 6.51. The molecule has 3 N–H and O–H groups in total. The molecule has 0 unspecified atom stereocenters. The summed E-state index contributed by atoms with van der Waals surface area (Å²) in [6, 6.07) is 5.40. The Kier molecular flexibility index (Phi) is 5.47. The van der Waals surface area contributed by atoms with Gasteiger partial charge in [-0.15, -0.1) is 17.3 Å². The molecule has 3 aromatic rings. The average molecular weight is 407 g/mol. The van der Waals surface area contributed by atoms with Crippen LogP contribution in [0.2, 0.25) is 5.15 Å². The van der Waals surface area contributed by atoms with Crippen LogP contribution in [-0.4, -0.2) is 24.7 Å².